The predicted molar refractivity (Wildman–Crippen MR) is 106 cm³/mol. The van der Waals surface area contributed by atoms with Crippen molar-refractivity contribution >= 4 is 11.8 Å². The van der Waals surface area contributed by atoms with E-state index in [9.17, 15) is 9.59 Å². The molecule has 0 N–H and O–H groups in total. The van der Waals surface area contributed by atoms with Crippen LogP contribution < -0.4 is 0 Å². The molecule has 0 saturated heterocycles. The van der Waals surface area contributed by atoms with Gasteiger partial charge in [-0.2, -0.15) is 0 Å². The predicted octanol–water partition coefficient (Wildman–Crippen LogP) is 3.95. The Bertz CT molecular complexity index is 708. The van der Waals surface area contributed by atoms with Gasteiger partial charge < -0.3 is 14.2 Å². The zero-order valence-corrected chi connectivity index (χ0v) is 16.7. The minimum absolute atomic E-state index is 0.00899. The van der Waals surface area contributed by atoms with Crippen LogP contribution in [0.4, 0.5) is 0 Å². The summed E-state index contributed by atoms with van der Waals surface area (Å²) in [4.78, 5) is 29.1. The average molecular weight is 370 g/mol. The van der Waals surface area contributed by atoms with Crippen LogP contribution in [0.1, 0.15) is 39.0 Å². The first-order chi connectivity index (χ1) is 12.9. The van der Waals surface area contributed by atoms with Gasteiger partial charge in [-0.3, -0.25) is 9.59 Å². The van der Waals surface area contributed by atoms with Crippen molar-refractivity contribution in [1.82, 2.24) is 9.80 Å². The molecule has 0 bridgehead atoms. The number of hydrogen-bond donors (Lipinski definition) is 0. The monoisotopic (exact) mass is 370 g/mol. The molecule has 2 amide bonds. The number of hydrogen-bond acceptors (Lipinski definition) is 3. The van der Waals surface area contributed by atoms with Gasteiger partial charge in [-0.25, -0.2) is 0 Å². The first-order valence-corrected chi connectivity index (χ1v) is 9.49. The Kier molecular flexibility index (Phi) is 7.65. The van der Waals surface area contributed by atoms with E-state index >= 15 is 0 Å². The third-order valence-electron chi connectivity index (χ3n) is 4.21. The van der Waals surface area contributed by atoms with Gasteiger partial charge in [0.25, 0.3) is 0 Å². The minimum Gasteiger partial charge on any atom is -0.467 e. The number of amides is 2. The fraction of sp³-hybridized carbons (Fsp3) is 0.455. The molecule has 5 heteroatoms. The van der Waals surface area contributed by atoms with Crippen molar-refractivity contribution in [2.75, 3.05) is 13.1 Å². The van der Waals surface area contributed by atoms with Crippen LogP contribution in [0.2, 0.25) is 0 Å². The third kappa shape index (κ3) is 6.59. The van der Waals surface area contributed by atoms with E-state index in [1.54, 1.807) is 16.1 Å². The zero-order valence-electron chi connectivity index (χ0n) is 16.7. The second-order valence-electron chi connectivity index (χ2n) is 7.58. The second-order valence-corrected chi connectivity index (χ2v) is 7.58. The lowest BCUT2D eigenvalue weighted by Crippen LogP contribution is -2.45. The van der Waals surface area contributed by atoms with Crippen LogP contribution in [0.15, 0.2) is 53.1 Å². The van der Waals surface area contributed by atoms with E-state index in [1.807, 2.05) is 56.3 Å². The van der Waals surface area contributed by atoms with Gasteiger partial charge in [0.1, 0.15) is 5.76 Å². The molecule has 146 valence electrons. The Labute approximate surface area is 162 Å². The molecule has 0 radical (unpaired) electrons. The molecule has 2 aromatic rings. The highest BCUT2D eigenvalue weighted by molar-refractivity contribution is 5.85. The smallest absolute Gasteiger partial charge is 0.242 e. The molecule has 1 aromatic carbocycles. The van der Waals surface area contributed by atoms with Crippen LogP contribution in [0.25, 0.3) is 0 Å². The first-order valence-electron chi connectivity index (χ1n) is 9.49. The molecule has 1 heterocycles. The Hall–Kier alpha value is -2.56. The molecule has 0 unspecified atom stereocenters. The summed E-state index contributed by atoms with van der Waals surface area (Å²) < 4.78 is 5.43. The summed E-state index contributed by atoms with van der Waals surface area (Å²) in [6, 6.07) is 13.5. The van der Waals surface area contributed by atoms with Gasteiger partial charge in [0, 0.05) is 19.0 Å². The number of carbonyl (C=O) groups excluding carboxylic acids is 2. The summed E-state index contributed by atoms with van der Waals surface area (Å²) in [5.41, 5.74) is 1.04. The summed E-state index contributed by atoms with van der Waals surface area (Å²) in [6.45, 7) is 9.35. The molecule has 0 aliphatic rings. The number of furan rings is 1. The molecule has 5 nitrogen and oxygen atoms in total. The lowest BCUT2D eigenvalue weighted by Gasteiger charge is -2.29. The van der Waals surface area contributed by atoms with Crippen LogP contribution in [0.5, 0.6) is 0 Å². The number of carbonyl (C=O) groups is 2. The van der Waals surface area contributed by atoms with E-state index in [4.69, 9.17) is 4.42 Å². The Morgan fingerprint density at radius 2 is 1.63 bits per heavy atom. The van der Waals surface area contributed by atoms with Crippen molar-refractivity contribution in [3.05, 3.63) is 60.1 Å². The largest absolute Gasteiger partial charge is 0.467 e. The lowest BCUT2D eigenvalue weighted by atomic mass is 10.1. The van der Waals surface area contributed by atoms with E-state index in [1.165, 1.54) is 0 Å². The van der Waals surface area contributed by atoms with Gasteiger partial charge in [0.2, 0.25) is 11.8 Å². The van der Waals surface area contributed by atoms with Crippen LogP contribution in [-0.4, -0.2) is 34.7 Å². The topological polar surface area (TPSA) is 53.8 Å². The molecule has 0 spiro atoms. The number of benzene rings is 1. The highest BCUT2D eigenvalue weighted by Gasteiger charge is 2.24. The first kappa shape index (κ1) is 20.7. The standard InChI is InChI=1S/C22H30N2O3/c1-17(2)13-24(22(26)18(3)4)16-21(25)23(15-20-11-8-12-27-20)14-19-9-6-5-7-10-19/h5-12,17-18H,13-16H2,1-4H3. The average Bonchev–Trinajstić information content (AvgIpc) is 3.13. The molecule has 27 heavy (non-hydrogen) atoms. The Morgan fingerprint density at radius 1 is 0.926 bits per heavy atom. The number of rotatable bonds is 9. The molecule has 0 atom stereocenters. The SMILES string of the molecule is CC(C)CN(CC(=O)N(Cc1ccccc1)Cc1ccco1)C(=O)C(C)C. The summed E-state index contributed by atoms with van der Waals surface area (Å²) in [6.07, 6.45) is 1.61. The second kappa shape index (κ2) is 9.95. The molecule has 1 aromatic heterocycles. The highest BCUT2D eigenvalue weighted by Crippen LogP contribution is 2.13. The molecule has 0 saturated carbocycles. The maximum absolute atomic E-state index is 13.1. The number of nitrogens with zero attached hydrogens (tertiary/aromatic N) is 2. The van der Waals surface area contributed by atoms with E-state index < -0.39 is 0 Å². The molecule has 0 fully saturated rings. The van der Waals surface area contributed by atoms with Gasteiger partial charge in [0.15, 0.2) is 0 Å². The van der Waals surface area contributed by atoms with E-state index in [0.29, 0.717) is 25.6 Å². The molecule has 0 aliphatic carbocycles. The quantitative estimate of drug-likeness (QED) is 0.672. The third-order valence-corrected chi connectivity index (χ3v) is 4.21. The van der Waals surface area contributed by atoms with Crippen molar-refractivity contribution < 1.29 is 14.0 Å². The van der Waals surface area contributed by atoms with Gasteiger partial charge >= 0.3 is 0 Å². The summed E-state index contributed by atoms with van der Waals surface area (Å²) in [5.74, 6) is 0.821. The molecular formula is C22H30N2O3. The van der Waals surface area contributed by atoms with E-state index in [0.717, 1.165) is 11.3 Å². The van der Waals surface area contributed by atoms with Gasteiger partial charge in [0.05, 0.1) is 19.4 Å². The molecule has 0 aliphatic heterocycles. The lowest BCUT2D eigenvalue weighted by molar-refractivity contribution is -0.143. The van der Waals surface area contributed by atoms with Crippen LogP contribution >= 0.6 is 0 Å². The molecule has 2 rings (SSSR count). The van der Waals surface area contributed by atoms with Crippen LogP contribution in [0.3, 0.4) is 0 Å². The Morgan fingerprint density at radius 3 is 2.19 bits per heavy atom. The van der Waals surface area contributed by atoms with Crippen molar-refractivity contribution in [2.24, 2.45) is 11.8 Å². The van der Waals surface area contributed by atoms with Crippen molar-refractivity contribution in [3.8, 4) is 0 Å². The maximum Gasteiger partial charge on any atom is 0.242 e. The zero-order chi connectivity index (χ0) is 19.8. The fourth-order valence-corrected chi connectivity index (χ4v) is 2.93. The van der Waals surface area contributed by atoms with Gasteiger partial charge in [-0.15, -0.1) is 0 Å². The maximum atomic E-state index is 13.1. The summed E-state index contributed by atoms with van der Waals surface area (Å²) >= 11 is 0. The summed E-state index contributed by atoms with van der Waals surface area (Å²) in [5, 5.41) is 0. The Balaban J connectivity index is 2.16. The van der Waals surface area contributed by atoms with E-state index in [2.05, 4.69) is 13.8 Å². The van der Waals surface area contributed by atoms with Crippen LogP contribution in [-0.2, 0) is 22.7 Å². The summed E-state index contributed by atoms with van der Waals surface area (Å²) in [7, 11) is 0. The van der Waals surface area contributed by atoms with Crippen LogP contribution in [0, 0.1) is 11.8 Å². The van der Waals surface area contributed by atoms with Gasteiger partial charge in [-0.1, -0.05) is 58.0 Å². The van der Waals surface area contributed by atoms with E-state index in [-0.39, 0.29) is 24.3 Å². The highest BCUT2D eigenvalue weighted by atomic mass is 16.3. The fourth-order valence-electron chi connectivity index (χ4n) is 2.93. The minimum atomic E-state index is -0.135. The van der Waals surface area contributed by atoms with Crippen molar-refractivity contribution in [2.45, 2.75) is 40.8 Å². The normalized spacial score (nSPS) is 11.0. The molecular weight excluding hydrogens is 340 g/mol. The van der Waals surface area contributed by atoms with Gasteiger partial charge in [-0.05, 0) is 23.6 Å². The van der Waals surface area contributed by atoms with Crippen molar-refractivity contribution in [1.29, 1.82) is 0 Å². The van der Waals surface area contributed by atoms with Crippen molar-refractivity contribution in [3.63, 3.8) is 0 Å².